The summed E-state index contributed by atoms with van der Waals surface area (Å²) in [5, 5.41) is 0. The average Bonchev–Trinajstić information content (AvgIpc) is 2.62. The van der Waals surface area contributed by atoms with Crippen molar-refractivity contribution in [2.45, 2.75) is 64.4 Å². The standard InChI is InChI=1S/C22H32O/c1-3-18-10-13-21(14-11-18)22-15-12-20(16-23-22)9-8-19-6-4-17(2)5-7-19/h3-7,18,20-22H,1,8-16H2,2H3. The first-order chi connectivity index (χ1) is 11.2. The molecule has 2 fully saturated rings. The predicted molar refractivity (Wildman–Crippen MR) is 97.6 cm³/mol. The van der Waals surface area contributed by atoms with Gasteiger partial charge in [0.1, 0.15) is 0 Å². The van der Waals surface area contributed by atoms with Crippen LogP contribution in [0.5, 0.6) is 0 Å². The molecule has 2 unspecified atom stereocenters. The summed E-state index contributed by atoms with van der Waals surface area (Å²) in [5.74, 6) is 2.33. The van der Waals surface area contributed by atoms with Gasteiger partial charge in [0.2, 0.25) is 0 Å². The molecule has 1 aliphatic carbocycles. The Morgan fingerprint density at radius 2 is 1.78 bits per heavy atom. The van der Waals surface area contributed by atoms with Gasteiger partial charge in [-0.3, -0.25) is 0 Å². The fraction of sp³-hybridized carbons (Fsp3) is 0.636. The van der Waals surface area contributed by atoms with E-state index in [2.05, 4.69) is 43.8 Å². The van der Waals surface area contributed by atoms with Crippen molar-refractivity contribution in [3.8, 4) is 0 Å². The highest BCUT2D eigenvalue weighted by molar-refractivity contribution is 5.21. The SMILES string of the molecule is C=CC1CCC(C2CCC(CCc3ccc(C)cc3)CO2)CC1. The first-order valence-electron chi connectivity index (χ1n) is 9.54. The van der Waals surface area contributed by atoms with Crippen LogP contribution in [-0.2, 0) is 11.2 Å². The van der Waals surface area contributed by atoms with Gasteiger partial charge >= 0.3 is 0 Å². The van der Waals surface area contributed by atoms with Gasteiger partial charge in [0.25, 0.3) is 0 Å². The first-order valence-corrected chi connectivity index (χ1v) is 9.54. The Balaban J connectivity index is 1.38. The van der Waals surface area contributed by atoms with Crippen molar-refractivity contribution in [1.82, 2.24) is 0 Å². The maximum Gasteiger partial charge on any atom is 0.0603 e. The smallest absolute Gasteiger partial charge is 0.0603 e. The average molecular weight is 312 g/mol. The van der Waals surface area contributed by atoms with E-state index in [0.29, 0.717) is 6.10 Å². The lowest BCUT2D eigenvalue weighted by atomic mass is 9.77. The Labute approximate surface area is 142 Å². The maximum atomic E-state index is 6.28. The summed E-state index contributed by atoms with van der Waals surface area (Å²) < 4.78 is 6.28. The lowest BCUT2D eigenvalue weighted by Crippen LogP contribution is -2.34. The van der Waals surface area contributed by atoms with Crippen LogP contribution in [0.25, 0.3) is 0 Å². The van der Waals surface area contributed by atoms with Crippen LogP contribution in [0.1, 0.15) is 56.1 Å². The van der Waals surface area contributed by atoms with E-state index < -0.39 is 0 Å². The second-order valence-electron chi connectivity index (χ2n) is 7.75. The van der Waals surface area contributed by atoms with E-state index in [-0.39, 0.29) is 0 Å². The molecule has 3 rings (SSSR count). The van der Waals surface area contributed by atoms with Crippen LogP contribution in [0.15, 0.2) is 36.9 Å². The summed E-state index contributed by atoms with van der Waals surface area (Å²) in [7, 11) is 0. The fourth-order valence-corrected chi connectivity index (χ4v) is 4.30. The quantitative estimate of drug-likeness (QED) is 0.632. The van der Waals surface area contributed by atoms with Crippen LogP contribution in [0.3, 0.4) is 0 Å². The molecule has 2 atom stereocenters. The summed E-state index contributed by atoms with van der Waals surface area (Å²) in [5.41, 5.74) is 2.82. The predicted octanol–water partition coefficient (Wildman–Crippen LogP) is 5.72. The zero-order chi connectivity index (χ0) is 16.1. The molecular weight excluding hydrogens is 280 g/mol. The van der Waals surface area contributed by atoms with E-state index >= 15 is 0 Å². The molecule has 1 aromatic carbocycles. The highest BCUT2D eigenvalue weighted by Crippen LogP contribution is 2.36. The normalized spacial score (nSPS) is 31.7. The Morgan fingerprint density at radius 1 is 1.04 bits per heavy atom. The van der Waals surface area contributed by atoms with Gasteiger partial charge in [-0.2, -0.15) is 0 Å². The number of rotatable bonds is 5. The molecule has 0 bridgehead atoms. The fourth-order valence-electron chi connectivity index (χ4n) is 4.30. The van der Waals surface area contributed by atoms with E-state index in [9.17, 15) is 0 Å². The minimum atomic E-state index is 0.538. The van der Waals surface area contributed by atoms with Gasteiger partial charge in [-0.15, -0.1) is 6.58 Å². The minimum absolute atomic E-state index is 0.538. The van der Waals surface area contributed by atoms with Crippen molar-refractivity contribution < 1.29 is 4.74 Å². The summed E-state index contributed by atoms with van der Waals surface area (Å²) in [6.45, 7) is 7.09. The second-order valence-corrected chi connectivity index (χ2v) is 7.75. The van der Waals surface area contributed by atoms with Crippen molar-refractivity contribution in [2.24, 2.45) is 17.8 Å². The molecule has 1 nitrogen and oxygen atoms in total. The summed E-state index contributed by atoms with van der Waals surface area (Å²) in [6.07, 6.45) is 13.1. The van der Waals surface area contributed by atoms with Gasteiger partial charge in [-0.05, 0) is 81.6 Å². The second kappa shape index (κ2) is 8.15. The zero-order valence-corrected chi connectivity index (χ0v) is 14.7. The van der Waals surface area contributed by atoms with Gasteiger partial charge in [0.15, 0.2) is 0 Å². The van der Waals surface area contributed by atoms with Crippen LogP contribution in [0, 0.1) is 24.7 Å². The van der Waals surface area contributed by atoms with Crippen molar-refractivity contribution in [3.05, 3.63) is 48.0 Å². The molecule has 23 heavy (non-hydrogen) atoms. The summed E-state index contributed by atoms with van der Waals surface area (Å²) in [6, 6.07) is 9.00. The van der Waals surface area contributed by atoms with Crippen LogP contribution < -0.4 is 0 Å². The molecule has 0 radical (unpaired) electrons. The van der Waals surface area contributed by atoms with Gasteiger partial charge < -0.3 is 4.74 Å². The van der Waals surface area contributed by atoms with Crippen LogP contribution in [-0.4, -0.2) is 12.7 Å². The largest absolute Gasteiger partial charge is 0.378 e. The van der Waals surface area contributed by atoms with E-state index in [1.54, 1.807) is 0 Å². The topological polar surface area (TPSA) is 9.23 Å². The summed E-state index contributed by atoms with van der Waals surface area (Å²) in [4.78, 5) is 0. The van der Waals surface area contributed by atoms with Crippen molar-refractivity contribution in [3.63, 3.8) is 0 Å². The Morgan fingerprint density at radius 3 is 2.39 bits per heavy atom. The number of benzene rings is 1. The van der Waals surface area contributed by atoms with Crippen molar-refractivity contribution >= 4 is 0 Å². The molecule has 126 valence electrons. The van der Waals surface area contributed by atoms with E-state index in [1.807, 2.05) is 0 Å². The number of hydrogen-bond donors (Lipinski definition) is 0. The molecule has 0 amide bonds. The highest BCUT2D eigenvalue weighted by Gasteiger charge is 2.30. The summed E-state index contributed by atoms with van der Waals surface area (Å²) >= 11 is 0. The highest BCUT2D eigenvalue weighted by atomic mass is 16.5. The molecule has 1 aliphatic heterocycles. The molecule has 1 saturated heterocycles. The lowest BCUT2D eigenvalue weighted by Gasteiger charge is -2.37. The number of allylic oxidation sites excluding steroid dienone is 1. The Bertz CT molecular complexity index is 473. The molecule has 1 heteroatoms. The molecular formula is C22H32O. The zero-order valence-electron chi connectivity index (χ0n) is 14.7. The van der Waals surface area contributed by atoms with Crippen molar-refractivity contribution in [2.75, 3.05) is 6.61 Å². The van der Waals surface area contributed by atoms with Crippen molar-refractivity contribution in [1.29, 1.82) is 0 Å². The third kappa shape index (κ3) is 4.70. The van der Waals surface area contributed by atoms with Gasteiger partial charge in [-0.1, -0.05) is 35.9 Å². The number of hydrogen-bond acceptors (Lipinski definition) is 1. The van der Waals surface area contributed by atoms with Crippen LogP contribution in [0.2, 0.25) is 0 Å². The monoisotopic (exact) mass is 312 g/mol. The van der Waals surface area contributed by atoms with E-state index in [1.165, 1.54) is 62.5 Å². The first kappa shape index (κ1) is 16.8. The molecule has 1 heterocycles. The van der Waals surface area contributed by atoms with Crippen LogP contribution in [0.4, 0.5) is 0 Å². The lowest BCUT2D eigenvalue weighted by molar-refractivity contribution is -0.0581. The molecule has 1 saturated carbocycles. The number of aryl methyl sites for hydroxylation is 2. The van der Waals surface area contributed by atoms with Crippen LogP contribution >= 0.6 is 0 Å². The molecule has 2 aliphatic rings. The van der Waals surface area contributed by atoms with E-state index in [0.717, 1.165) is 24.4 Å². The Kier molecular flexibility index (Phi) is 5.94. The molecule has 0 spiro atoms. The molecule has 0 N–H and O–H groups in total. The minimum Gasteiger partial charge on any atom is -0.378 e. The third-order valence-electron chi connectivity index (χ3n) is 6.04. The van der Waals surface area contributed by atoms with E-state index in [4.69, 9.17) is 4.74 Å². The van der Waals surface area contributed by atoms with Gasteiger partial charge in [-0.25, -0.2) is 0 Å². The number of ether oxygens (including phenoxy) is 1. The third-order valence-corrected chi connectivity index (χ3v) is 6.04. The Hall–Kier alpha value is -1.08. The van der Waals surface area contributed by atoms with Gasteiger partial charge in [0.05, 0.1) is 6.10 Å². The van der Waals surface area contributed by atoms with Gasteiger partial charge in [0, 0.05) is 6.61 Å². The molecule has 1 aromatic rings. The maximum absolute atomic E-state index is 6.28. The molecule has 0 aromatic heterocycles.